The Kier molecular flexibility index (Phi) is 17.7. The van der Waals surface area contributed by atoms with Crippen LogP contribution < -0.4 is 56.8 Å². The van der Waals surface area contributed by atoms with E-state index in [0.29, 0.717) is 104 Å². The normalized spacial score (nSPS) is 10.6. The van der Waals surface area contributed by atoms with Crippen molar-refractivity contribution in [3.8, 4) is 105 Å². The van der Waals surface area contributed by atoms with Crippen molar-refractivity contribution in [3.05, 3.63) is 147 Å². The molecule has 0 bridgehead atoms. The number of rotatable bonds is 17. The third-order valence-corrected chi connectivity index (χ3v) is 11.1. The molecule has 0 radical (unpaired) electrons. The van der Waals surface area contributed by atoms with Crippen LogP contribution in [0.1, 0.15) is 44.5 Å². The summed E-state index contributed by atoms with van der Waals surface area (Å²) in [5.74, 6) is 26.5. The molecule has 0 amide bonds. The van der Waals surface area contributed by atoms with Crippen molar-refractivity contribution in [2.75, 3.05) is 85.3 Å². The van der Waals surface area contributed by atoms with Gasteiger partial charge < -0.3 is 56.8 Å². The van der Waals surface area contributed by atoms with Gasteiger partial charge in [-0.15, -0.1) is 0 Å². The van der Waals surface area contributed by atoms with E-state index in [4.69, 9.17) is 56.8 Å². The summed E-state index contributed by atoms with van der Waals surface area (Å²) in [5, 5.41) is 0. The fourth-order valence-electron chi connectivity index (χ4n) is 7.59. The molecule has 0 aliphatic heterocycles. The van der Waals surface area contributed by atoms with Crippen molar-refractivity contribution in [2.24, 2.45) is 0 Å². The van der Waals surface area contributed by atoms with Gasteiger partial charge in [-0.25, -0.2) is 0 Å². The van der Waals surface area contributed by atoms with Crippen molar-refractivity contribution in [1.82, 2.24) is 0 Å². The lowest BCUT2D eigenvalue weighted by Gasteiger charge is -2.17. The van der Waals surface area contributed by atoms with E-state index in [1.807, 2.05) is 72.8 Å². The van der Waals surface area contributed by atoms with E-state index in [2.05, 4.69) is 35.5 Å². The zero-order chi connectivity index (χ0) is 50.2. The van der Waals surface area contributed by atoms with E-state index in [0.717, 1.165) is 33.4 Å². The average molecular weight is 945 g/mol. The molecule has 12 heteroatoms. The predicted octanol–water partition coefficient (Wildman–Crippen LogP) is 9.88. The second-order valence-electron chi connectivity index (χ2n) is 15.1. The largest absolute Gasteiger partial charge is 0.495 e. The van der Waals surface area contributed by atoms with Crippen molar-refractivity contribution in [3.63, 3.8) is 0 Å². The Morgan fingerprint density at radius 2 is 0.714 bits per heavy atom. The molecule has 0 saturated carbocycles. The highest BCUT2D eigenvalue weighted by Crippen LogP contribution is 2.40. The summed E-state index contributed by atoms with van der Waals surface area (Å²) in [4.78, 5) is 0. The quantitative estimate of drug-likeness (QED) is 0.0812. The molecule has 360 valence electrons. The van der Waals surface area contributed by atoms with Gasteiger partial charge in [-0.3, -0.25) is 0 Å². The third kappa shape index (κ3) is 11.9. The Morgan fingerprint density at radius 1 is 0.314 bits per heavy atom. The van der Waals surface area contributed by atoms with E-state index in [1.54, 1.807) is 110 Å². The molecule has 12 nitrogen and oxygen atoms in total. The van der Waals surface area contributed by atoms with Crippen LogP contribution in [-0.4, -0.2) is 85.3 Å². The molecule has 0 aliphatic rings. The molecule has 0 spiro atoms. The molecule has 0 fully saturated rings. The van der Waals surface area contributed by atoms with E-state index in [-0.39, 0.29) is 0 Å². The molecule has 0 atom stereocenters. The minimum Gasteiger partial charge on any atom is -0.495 e. The monoisotopic (exact) mass is 944 g/mol. The van der Waals surface area contributed by atoms with Crippen LogP contribution in [0.2, 0.25) is 0 Å². The van der Waals surface area contributed by atoms with Gasteiger partial charge in [0, 0.05) is 28.7 Å². The van der Waals surface area contributed by atoms with Gasteiger partial charge in [0.15, 0.2) is 46.0 Å². The Hall–Kier alpha value is -8.66. The van der Waals surface area contributed by atoms with Gasteiger partial charge in [-0.1, -0.05) is 53.7 Å². The molecule has 6 aromatic carbocycles. The first-order valence-electron chi connectivity index (χ1n) is 21.8. The summed E-state index contributed by atoms with van der Waals surface area (Å²) in [7, 11) is 19.1. The molecular formula is C58H56O12. The van der Waals surface area contributed by atoms with E-state index in [9.17, 15) is 0 Å². The molecule has 6 rings (SSSR count). The van der Waals surface area contributed by atoms with Gasteiger partial charge in [-0.05, 0) is 108 Å². The zero-order valence-corrected chi connectivity index (χ0v) is 41.6. The van der Waals surface area contributed by atoms with Gasteiger partial charge in [0.2, 0.25) is 11.5 Å². The third-order valence-electron chi connectivity index (χ3n) is 11.1. The SMILES string of the molecule is COc1cc(C/C(C#Cc2ccc(OC)c(OC)c2)=C(/Cc2ccc(C#Cc3cc(OC)c(OC)c(OC)c3)c(OC)c2)c2ccc(OC)c(OC)c2)ccc1C#Cc1cc(OC)c(OC)c(OC)c1. The molecular weight excluding hydrogens is 889 g/mol. The fourth-order valence-corrected chi connectivity index (χ4v) is 7.59. The van der Waals surface area contributed by atoms with E-state index >= 15 is 0 Å². The van der Waals surface area contributed by atoms with Crippen LogP contribution in [0.3, 0.4) is 0 Å². The topological polar surface area (TPSA) is 111 Å². The second kappa shape index (κ2) is 24.4. The molecule has 0 aliphatic carbocycles. The van der Waals surface area contributed by atoms with Crippen LogP contribution in [0, 0.1) is 35.5 Å². The van der Waals surface area contributed by atoms with Crippen LogP contribution >= 0.6 is 0 Å². The summed E-state index contributed by atoms with van der Waals surface area (Å²) >= 11 is 0. The van der Waals surface area contributed by atoms with Gasteiger partial charge in [0.05, 0.1) is 96.4 Å². The summed E-state index contributed by atoms with van der Waals surface area (Å²) in [6.07, 6.45) is 0.855. The smallest absolute Gasteiger partial charge is 0.203 e. The van der Waals surface area contributed by atoms with Crippen LogP contribution in [0.5, 0.6) is 69.0 Å². The van der Waals surface area contributed by atoms with Crippen LogP contribution in [-0.2, 0) is 12.8 Å². The number of benzene rings is 6. The fraction of sp³-hybridized carbons (Fsp3) is 0.241. The molecule has 0 heterocycles. The Balaban J connectivity index is 1.50. The van der Waals surface area contributed by atoms with Crippen LogP contribution in [0.25, 0.3) is 5.57 Å². The molecule has 0 unspecified atom stereocenters. The molecule has 0 N–H and O–H groups in total. The maximum Gasteiger partial charge on any atom is 0.203 e. The number of ether oxygens (including phenoxy) is 12. The van der Waals surface area contributed by atoms with Crippen LogP contribution in [0.15, 0.2) is 103 Å². The van der Waals surface area contributed by atoms with Crippen molar-refractivity contribution in [1.29, 1.82) is 0 Å². The van der Waals surface area contributed by atoms with Crippen molar-refractivity contribution >= 4 is 5.57 Å². The number of hydrogen-bond donors (Lipinski definition) is 0. The summed E-state index contributed by atoms with van der Waals surface area (Å²) in [6.45, 7) is 0. The Morgan fingerprint density at radius 3 is 1.14 bits per heavy atom. The van der Waals surface area contributed by atoms with Gasteiger partial charge in [-0.2, -0.15) is 0 Å². The lowest BCUT2D eigenvalue weighted by Crippen LogP contribution is -2.02. The number of allylic oxidation sites excluding steroid dienone is 2. The highest BCUT2D eigenvalue weighted by atomic mass is 16.5. The maximum atomic E-state index is 5.96. The zero-order valence-electron chi connectivity index (χ0n) is 41.6. The second-order valence-corrected chi connectivity index (χ2v) is 15.1. The predicted molar refractivity (Wildman–Crippen MR) is 270 cm³/mol. The van der Waals surface area contributed by atoms with Gasteiger partial charge in [0.1, 0.15) is 11.5 Å². The van der Waals surface area contributed by atoms with Gasteiger partial charge >= 0.3 is 0 Å². The highest BCUT2D eigenvalue weighted by Gasteiger charge is 2.18. The first-order valence-corrected chi connectivity index (χ1v) is 21.8. The van der Waals surface area contributed by atoms with Gasteiger partial charge in [0.25, 0.3) is 0 Å². The van der Waals surface area contributed by atoms with Crippen molar-refractivity contribution in [2.45, 2.75) is 12.8 Å². The molecule has 6 aromatic rings. The van der Waals surface area contributed by atoms with Crippen molar-refractivity contribution < 1.29 is 56.8 Å². The first kappa shape index (κ1) is 50.7. The maximum absolute atomic E-state index is 5.96. The summed E-state index contributed by atoms with van der Waals surface area (Å²) < 4.78 is 67.8. The Labute approximate surface area is 410 Å². The highest BCUT2D eigenvalue weighted by molar-refractivity contribution is 5.77. The Bertz CT molecular complexity index is 3010. The lowest BCUT2D eigenvalue weighted by atomic mass is 9.89. The summed E-state index contributed by atoms with van der Waals surface area (Å²) in [5.41, 5.74) is 7.95. The van der Waals surface area contributed by atoms with Crippen LogP contribution in [0.4, 0.5) is 0 Å². The standard InChI is InChI=1S/C58H56O12/c1-59-47-25-18-37(29-51(47)63-5)13-23-44(27-38-14-19-42(49(30-38)61-3)21-16-40-32-53(65-7)57(69-11)54(33-40)66-8)46(45-24-26-48(60-2)52(36-45)64-6)28-39-15-20-43(50(31-39)62-4)22-17-41-34-55(67-9)58(70-12)56(35-41)68-10/h14-15,18-20,24-26,29-36H,27-28H2,1-12H3/b46-44-. The minimum absolute atomic E-state index is 0.413. The summed E-state index contributed by atoms with van der Waals surface area (Å²) in [6, 6.07) is 30.6. The molecule has 0 aromatic heterocycles. The lowest BCUT2D eigenvalue weighted by molar-refractivity contribution is 0.324. The molecule has 0 saturated heterocycles. The minimum atomic E-state index is 0.413. The first-order chi connectivity index (χ1) is 34.1. The van der Waals surface area contributed by atoms with E-state index in [1.165, 1.54) is 0 Å². The number of hydrogen-bond acceptors (Lipinski definition) is 12. The number of methoxy groups -OCH3 is 12. The van der Waals surface area contributed by atoms with E-state index < -0.39 is 0 Å². The average Bonchev–Trinajstić information content (AvgIpc) is 3.41. The molecule has 70 heavy (non-hydrogen) atoms.